The van der Waals surface area contributed by atoms with Gasteiger partial charge in [-0.3, -0.25) is 0 Å². The third kappa shape index (κ3) is 4.30. The van der Waals surface area contributed by atoms with Crippen LogP contribution in [0.4, 0.5) is 0 Å². The first-order chi connectivity index (χ1) is 9.89. The van der Waals surface area contributed by atoms with Gasteiger partial charge in [0.1, 0.15) is 5.76 Å². The third-order valence-electron chi connectivity index (χ3n) is 3.18. The summed E-state index contributed by atoms with van der Waals surface area (Å²) in [6.45, 7) is 3.95. The minimum Gasteiger partial charge on any atom is -0.361 e. The lowest BCUT2D eigenvalue weighted by Gasteiger charge is -2.08. The zero-order valence-electron chi connectivity index (χ0n) is 11.9. The molecule has 0 bridgehead atoms. The van der Waals surface area contributed by atoms with E-state index in [-0.39, 0.29) is 5.75 Å². The van der Waals surface area contributed by atoms with Gasteiger partial charge in [-0.05, 0) is 31.9 Å². The van der Waals surface area contributed by atoms with Crippen molar-refractivity contribution in [1.82, 2.24) is 9.88 Å². The Hall–Kier alpha value is -1.37. The Morgan fingerprint density at radius 1 is 1.29 bits per heavy atom. The van der Waals surface area contributed by atoms with Crippen molar-refractivity contribution < 1.29 is 12.9 Å². The molecule has 0 aliphatic heterocycles. The van der Waals surface area contributed by atoms with E-state index < -0.39 is 10.0 Å². The number of sulfonamides is 1. The monoisotopic (exact) mass is 328 g/mol. The zero-order chi connectivity index (χ0) is 15.5. The molecule has 7 heteroatoms. The van der Waals surface area contributed by atoms with Gasteiger partial charge in [-0.1, -0.05) is 35.0 Å². The number of nitrogens with zero attached hydrogens (tertiary/aromatic N) is 1. The van der Waals surface area contributed by atoms with Crippen molar-refractivity contribution in [3.05, 3.63) is 51.9 Å². The van der Waals surface area contributed by atoms with E-state index in [0.29, 0.717) is 23.6 Å². The third-order valence-corrected chi connectivity index (χ3v) is 4.89. The summed E-state index contributed by atoms with van der Waals surface area (Å²) >= 11 is 5.97. The van der Waals surface area contributed by atoms with Crippen molar-refractivity contribution in [2.75, 3.05) is 6.54 Å². The molecule has 0 amide bonds. The average molecular weight is 329 g/mol. The van der Waals surface area contributed by atoms with Crippen molar-refractivity contribution >= 4 is 21.6 Å². The summed E-state index contributed by atoms with van der Waals surface area (Å²) in [6.07, 6.45) is 0.545. The van der Waals surface area contributed by atoms with E-state index >= 15 is 0 Å². The minimum absolute atomic E-state index is 0.131. The van der Waals surface area contributed by atoms with Gasteiger partial charge >= 0.3 is 0 Å². The van der Waals surface area contributed by atoms with Crippen LogP contribution in [-0.2, 0) is 22.2 Å². The van der Waals surface area contributed by atoms with Crippen LogP contribution >= 0.6 is 11.6 Å². The number of aromatic nitrogens is 1. The lowest BCUT2D eigenvalue weighted by atomic mass is 10.1. The van der Waals surface area contributed by atoms with E-state index in [2.05, 4.69) is 9.88 Å². The number of rotatable bonds is 6. The largest absolute Gasteiger partial charge is 0.361 e. The van der Waals surface area contributed by atoms with Crippen LogP contribution in [0.3, 0.4) is 0 Å². The molecule has 114 valence electrons. The minimum atomic E-state index is -3.42. The fourth-order valence-corrected chi connectivity index (χ4v) is 3.52. The van der Waals surface area contributed by atoms with Gasteiger partial charge in [0.25, 0.3) is 0 Å². The van der Waals surface area contributed by atoms with E-state index in [4.69, 9.17) is 16.1 Å². The summed E-state index contributed by atoms with van der Waals surface area (Å²) in [6, 6.07) is 6.91. The summed E-state index contributed by atoms with van der Waals surface area (Å²) in [5.41, 5.74) is 2.32. The Morgan fingerprint density at radius 2 is 2.00 bits per heavy atom. The maximum atomic E-state index is 12.0. The number of nitrogens with one attached hydrogen (secondary N) is 1. The molecule has 0 fully saturated rings. The first-order valence-corrected chi connectivity index (χ1v) is 8.54. The van der Waals surface area contributed by atoms with Crippen LogP contribution in [0.25, 0.3) is 0 Å². The molecule has 5 nitrogen and oxygen atoms in total. The normalized spacial score (nSPS) is 11.8. The Morgan fingerprint density at radius 3 is 2.62 bits per heavy atom. The quantitative estimate of drug-likeness (QED) is 0.884. The second-order valence-electron chi connectivity index (χ2n) is 4.80. The molecule has 0 saturated carbocycles. The molecule has 2 aromatic rings. The number of hydrogen-bond acceptors (Lipinski definition) is 4. The highest BCUT2D eigenvalue weighted by molar-refractivity contribution is 7.88. The fourth-order valence-electron chi connectivity index (χ4n) is 2.06. The number of hydrogen-bond donors (Lipinski definition) is 1. The van der Waals surface area contributed by atoms with Crippen LogP contribution < -0.4 is 4.72 Å². The van der Waals surface area contributed by atoms with Crippen molar-refractivity contribution in [2.45, 2.75) is 26.0 Å². The molecular weight excluding hydrogens is 312 g/mol. The second kappa shape index (κ2) is 6.60. The summed E-state index contributed by atoms with van der Waals surface area (Å²) in [7, 11) is -3.42. The smallest absolute Gasteiger partial charge is 0.215 e. The van der Waals surface area contributed by atoms with E-state index in [1.807, 2.05) is 13.8 Å². The Balaban J connectivity index is 1.95. The van der Waals surface area contributed by atoms with E-state index in [9.17, 15) is 8.42 Å². The molecule has 21 heavy (non-hydrogen) atoms. The van der Waals surface area contributed by atoms with Gasteiger partial charge in [0.15, 0.2) is 0 Å². The molecule has 0 radical (unpaired) electrons. The van der Waals surface area contributed by atoms with Crippen LogP contribution in [0.2, 0.25) is 5.02 Å². The van der Waals surface area contributed by atoms with Crippen LogP contribution in [-0.4, -0.2) is 20.1 Å². The summed E-state index contributed by atoms with van der Waals surface area (Å²) < 4.78 is 31.7. The van der Waals surface area contributed by atoms with Gasteiger partial charge < -0.3 is 4.52 Å². The highest BCUT2D eigenvalue weighted by Gasteiger charge is 2.14. The molecule has 0 aliphatic rings. The second-order valence-corrected chi connectivity index (χ2v) is 7.01. The van der Waals surface area contributed by atoms with Crippen molar-refractivity contribution in [2.24, 2.45) is 0 Å². The molecule has 1 aromatic carbocycles. The maximum absolute atomic E-state index is 12.0. The lowest BCUT2D eigenvalue weighted by molar-refractivity contribution is 0.392. The van der Waals surface area contributed by atoms with E-state index in [0.717, 1.165) is 17.0 Å². The zero-order valence-corrected chi connectivity index (χ0v) is 13.5. The first kappa shape index (κ1) is 16.0. The van der Waals surface area contributed by atoms with E-state index in [1.165, 1.54) is 0 Å². The summed E-state index contributed by atoms with van der Waals surface area (Å²) in [4.78, 5) is 0. The number of aryl methyl sites for hydroxylation is 2. The van der Waals surface area contributed by atoms with Gasteiger partial charge in [-0.15, -0.1) is 0 Å². The average Bonchev–Trinajstić information content (AvgIpc) is 2.73. The first-order valence-electron chi connectivity index (χ1n) is 6.51. The SMILES string of the molecule is Cc1noc(C)c1CCNS(=O)(=O)Cc1ccccc1Cl. The van der Waals surface area contributed by atoms with Crippen LogP contribution in [0.1, 0.15) is 22.6 Å². The van der Waals surface area contributed by atoms with Gasteiger partial charge in [-0.2, -0.15) is 0 Å². The summed E-state index contributed by atoms with van der Waals surface area (Å²) in [5, 5.41) is 4.29. The molecule has 1 heterocycles. The molecular formula is C14H17ClN2O3S. The Labute approximate surface area is 129 Å². The molecule has 0 unspecified atom stereocenters. The maximum Gasteiger partial charge on any atom is 0.215 e. The predicted octanol–water partition coefficient (Wildman–Crippen LogP) is 2.61. The standard InChI is InChI=1S/C14H17ClN2O3S/c1-10-13(11(2)20-17-10)7-8-16-21(18,19)9-12-5-3-4-6-14(12)15/h3-6,16H,7-9H2,1-2H3. The van der Waals surface area contributed by atoms with Crippen molar-refractivity contribution in [3.63, 3.8) is 0 Å². The van der Waals surface area contributed by atoms with Crippen LogP contribution in [0.5, 0.6) is 0 Å². The van der Waals surface area contributed by atoms with Crippen LogP contribution in [0, 0.1) is 13.8 Å². The van der Waals surface area contributed by atoms with Crippen molar-refractivity contribution in [1.29, 1.82) is 0 Å². The van der Waals surface area contributed by atoms with Crippen LogP contribution in [0.15, 0.2) is 28.8 Å². The Bertz CT molecular complexity index is 706. The van der Waals surface area contributed by atoms with Crippen molar-refractivity contribution in [3.8, 4) is 0 Å². The fraction of sp³-hybridized carbons (Fsp3) is 0.357. The molecule has 2 rings (SSSR count). The topological polar surface area (TPSA) is 72.2 Å². The molecule has 1 N–H and O–H groups in total. The lowest BCUT2D eigenvalue weighted by Crippen LogP contribution is -2.27. The molecule has 0 saturated heterocycles. The molecule has 0 aliphatic carbocycles. The Kier molecular flexibility index (Phi) is 5.03. The number of halogens is 1. The van der Waals surface area contributed by atoms with Gasteiger partial charge in [0, 0.05) is 17.1 Å². The van der Waals surface area contributed by atoms with Gasteiger partial charge in [0.05, 0.1) is 11.4 Å². The molecule has 1 aromatic heterocycles. The molecule has 0 spiro atoms. The highest BCUT2D eigenvalue weighted by atomic mass is 35.5. The summed E-state index contributed by atoms with van der Waals surface area (Å²) in [5.74, 6) is 0.590. The predicted molar refractivity (Wildman–Crippen MR) is 81.8 cm³/mol. The molecule has 0 atom stereocenters. The highest BCUT2D eigenvalue weighted by Crippen LogP contribution is 2.17. The van der Waals surface area contributed by atoms with E-state index in [1.54, 1.807) is 24.3 Å². The number of benzene rings is 1. The van der Waals surface area contributed by atoms with Gasteiger partial charge in [0.2, 0.25) is 10.0 Å². The van der Waals surface area contributed by atoms with Gasteiger partial charge in [-0.25, -0.2) is 13.1 Å².